The second-order valence-electron chi connectivity index (χ2n) is 7.10. The Labute approximate surface area is 142 Å². The second-order valence-corrected chi connectivity index (χ2v) is 7.10. The number of Topliss-reactive ketones (excluding diaryl/α,β-unsaturated/α-hetero) is 1. The normalized spacial score (nSPS) is 19.6. The summed E-state index contributed by atoms with van der Waals surface area (Å²) in [6, 6.07) is 1.99. The van der Waals surface area contributed by atoms with Crippen molar-refractivity contribution >= 4 is 11.7 Å². The molecule has 0 aromatic carbocycles. The first-order valence-corrected chi connectivity index (χ1v) is 8.02. The average molecular weight is 329 g/mol. The van der Waals surface area contributed by atoms with Gasteiger partial charge in [0, 0.05) is 24.6 Å². The summed E-state index contributed by atoms with van der Waals surface area (Å²) < 4.78 is 5.05. The molecule has 0 aliphatic heterocycles. The van der Waals surface area contributed by atoms with Gasteiger partial charge in [-0.2, -0.15) is 5.26 Å². The maximum atomic E-state index is 12.4. The molecule has 0 saturated heterocycles. The molecule has 1 amide bonds. The molecule has 6 heteroatoms. The number of aromatic nitrogens is 1. The van der Waals surface area contributed by atoms with Gasteiger partial charge >= 0.3 is 0 Å². The Morgan fingerprint density at radius 1 is 1.50 bits per heavy atom. The van der Waals surface area contributed by atoms with E-state index in [-0.39, 0.29) is 23.2 Å². The molecule has 1 heterocycles. The molecule has 0 fully saturated rings. The highest BCUT2D eigenvalue weighted by molar-refractivity contribution is 6.03. The minimum Gasteiger partial charge on any atom is -0.361 e. The highest BCUT2D eigenvalue weighted by Gasteiger charge is 2.37. The molecular formula is C18H23N3O3. The molecule has 1 aliphatic rings. The summed E-state index contributed by atoms with van der Waals surface area (Å²) in [6.45, 7) is 7.83. The summed E-state index contributed by atoms with van der Waals surface area (Å²) in [5.74, 6) is 0.461. The molecule has 1 unspecified atom stereocenters. The molecule has 0 saturated carbocycles. The van der Waals surface area contributed by atoms with Crippen LogP contribution in [0.5, 0.6) is 0 Å². The van der Waals surface area contributed by atoms with Crippen molar-refractivity contribution in [1.82, 2.24) is 10.1 Å². The van der Waals surface area contributed by atoms with E-state index in [2.05, 4.69) is 5.16 Å². The minimum atomic E-state index is -0.535. The maximum Gasteiger partial charge on any atom is 0.276 e. The van der Waals surface area contributed by atoms with Crippen LogP contribution in [0.2, 0.25) is 0 Å². The number of nitrogens with zero attached hydrogens (tertiary/aromatic N) is 3. The summed E-state index contributed by atoms with van der Waals surface area (Å²) in [5, 5.41) is 13.0. The highest BCUT2D eigenvalue weighted by Crippen LogP contribution is 2.36. The monoisotopic (exact) mass is 329 g/mol. The molecule has 0 N–H and O–H groups in total. The Balaban J connectivity index is 2.04. The van der Waals surface area contributed by atoms with Crippen molar-refractivity contribution in [2.45, 2.75) is 40.5 Å². The summed E-state index contributed by atoms with van der Waals surface area (Å²) in [7, 11) is 1.72. The minimum absolute atomic E-state index is 0.0978. The van der Waals surface area contributed by atoms with Crippen LogP contribution < -0.4 is 0 Å². The Morgan fingerprint density at radius 3 is 2.71 bits per heavy atom. The van der Waals surface area contributed by atoms with Crippen LogP contribution in [-0.4, -0.2) is 35.3 Å². The van der Waals surface area contributed by atoms with Gasteiger partial charge in [0.05, 0.1) is 5.57 Å². The van der Waals surface area contributed by atoms with Gasteiger partial charge in [-0.15, -0.1) is 0 Å². The number of hydrogen-bond acceptors (Lipinski definition) is 5. The van der Waals surface area contributed by atoms with Crippen LogP contribution in [0.15, 0.2) is 16.2 Å². The summed E-state index contributed by atoms with van der Waals surface area (Å²) in [4.78, 5) is 26.2. The van der Waals surface area contributed by atoms with Crippen molar-refractivity contribution in [3.63, 3.8) is 0 Å². The quantitative estimate of drug-likeness (QED) is 0.847. The highest BCUT2D eigenvalue weighted by atomic mass is 16.5. The van der Waals surface area contributed by atoms with Crippen molar-refractivity contribution < 1.29 is 14.1 Å². The standard InChI is InChI=1S/C18H23N3O3/c1-11-12(2)24-20-15(11)17(23)21(5)7-6-13-8-14(10-19)16(22)18(3,4)9-13/h8,13H,6-7,9H2,1-5H3. The predicted molar refractivity (Wildman–Crippen MR) is 88.1 cm³/mol. The lowest BCUT2D eigenvalue weighted by molar-refractivity contribution is -0.124. The molecule has 128 valence electrons. The topological polar surface area (TPSA) is 87.2 Å². The van der Waals surface area contributed by atoms with Crippen LogP contribution in [0.3, 0.4) is 0 Å². The molecule has 1 aromatic rings. The molecule has 6 nitrogen and oxygen atoms in total. The van der Waals surface area contributed by atoms with Gasteiger partial charge in [0.2, 0.25) is 0 Å². The number of carbonyl (C=O) groups is 2. The summed E-state index contributed by atoms with van der Waals surface area (Å²) >= 11 is 0. The van der Waals surface area contributed by atoms with Crippen LogP contribution in [0.1, 0.15) is 48.5 Å². The molecule has 0 spiro atoms. The number of aryl methyl sites for hydroxylation is 1. The molecule has 1 aliphatic carbocycles. The fourth-order valence-electron chi connectivity index (χ4n) is 3.02. The zero-order chi connectivity index (χ0) is 18.1. The van der Waals surface area contributed by atoms with Gasteiger partial charge < -0.3 is 9.42 Å². The molecule has 1 aromatic heterocycles. The number of nitriles is 1. The second kappa shape index (κ2) is 6.60. The van der Waals surface area contributed by atoms with Gasteiger partial charge in [0.15, 0.2) is 11.5 Å². The summed E-state index contributed by atoms with van der Waals surface area (Å²) in [5.41, 5.74) is 0.783. The first kappa shape index (κ1) is 17.9. The van der Waals surface area contributed by atoms with E-state index in [1.165, 1.54) is 0 Å². The summed E-state index contributed by atoms with van der Waals surface area (Å²) in [6.07, 6.45) is 3.12. The molecule has 0 radical (unpaired) electrons. The van der Waals surface area contributed by atoms with Gasteiger partial charge in [-0.1, -0.05) is 25.1 Å². The SMILES string of the molecule is Cc1onc(C(=O)N(C)CCC2C=C(C#N)C(=O)C(C)(C)C2)c1C. The van der Waals surface area contributed by atoms with E-state index in [1.807, 2.05) is 26.8 Å². The maximum absolute atomic E-state index is 12.4. The number of hydrogen-bond donors (Lipinski definition) is 0. The molecule has 2 rings (SSSR count). The van der Waals surface area contributed by atoms with Crippen LogP contribution in [0.25, 0.3) is 0 Å². The molecule has 24 heavy (non-hydrogen) atoms. The zero-order valence-corrected chi connectivity index (χ0v) is 14.8. The lowest BCUT2D eigenvalue weighted by Crippen LogP contribution is -2.34. The van der Waals surface area contributed by atoms with Crippen LogP contribution >= 0.6 is 0 Å². The number of amides is 1. The van der Waals surface area contributed by atoms with Crippen molar-refractivity contribution in [2.24, 2.45) is 11.3 Å². The lowest BCUT2D eigenvalue weighted by Gasteiger charge is -2.32. The number of ketones is 1. The van der Waals surface area contributed by atoms with E-state index in [9.17, 15) is 9.59 Å². The van der Waals surface area contributed by atoms with Crippen molar-refractivity contribution in [3.8, 4) is 6.07 Å². The Morgan fingerprint density at radius 2 is 2.17 bits per heavy atom. The first-order valence-electron chi connectivity index (χ1n) is 8.02. The Kier molecular flexibility index (Phi) is 4.93. The van der Waals surface area contributed by atoms with E-state index in [0.717, 1.165) is 5.56 Å². The van der Waals surface area contributed by atoms with Gasteiger partial charge in [0.1, 0.15) is 11.8 Å². The third-order valence-corrected chi connectivity index (χ3v) is 4.70. The molecular weight excluding hydrogens is 306 g/mol. The van der Waals surface area contributed by atoms with Gasteiger partial charge in [-0.3, -0.25) is 9.59 Å². The van der Waals surface area contributed by atoms with Crippen molar-refractivity contribution in [3.05, 3.63) is 28.7 Å². The van der Waals surface area contributed by atoms with Crippen LogP contribution in [-0.2, 0) is 4.79 Å². The van der Waals surface area contributed by atoms with Crippen LogP contribution in [0.4, 0.5) is 0 Å². The van der Waals surface area contributed by atoms with Crippen molar-refractivity contribution in [2.75, 3.05) is 13.6 Å². The Hall–Kier alpha value is -2.42. The molecule has 0 bridgehead atoms. The lowest BCUT2D eigenvalue weighted by atomic mass is 9.71. The predicted octanol–water partition coefficient (Wildman–Crippen LogP) is 2.82. The smallest absolute Gasteiger partial charge is 0.276 e. The van der Waals surface area contributed by atoms with E-state index < -0.39 is 5.41 Å². The number of allylic oxidation sites excluding steroid dienone is 2. The van der Waals surface area contributed by atoms with E-state index in [1.54, 1.807) is 24.9 Å². The van der Waals surface area contributed by atoms with Gasteiger partial charge in [0.25, 0.3) is 5.91 Å². The van der Waals surface area contributed by atoms with Gasteiger partial charge in [-0.25, -0.2) is 0 Å². The van der Waals surface area contributed by atoms with E-state index >= 15 is 0 Å². The number of carbonyl (C=O) groups excluding carboxylic acids is 2. The Bertz CT molecular complexity index is 737. The fourth-order valence-corrected chi connectivity index (χ4v) is 3.02. The molecule has 1 atom stereocenters. The average Bonchev–Trinajstić information content (AvgIpc) is 2.86. The van der Waals surface area contributed by atoms with Crippen molar-refractivity contribution in [1.29, 1.82) is 5.26 Å². The van der Waals surface area contributed by atoms with Gasteiger partial charge in [-0.05, 0) is 32.6 Å². The van der Waals surface area contributed by atoms with E-state index in [4.69, 9.17) is 9.78 Å². The fraction of sp³-hybridized carbons (Fsp3) is 0.556. The number of rotatable bonds is 4. The van der Waals surface area contributed by atoms with E-state index in [0.29, 0.717) is 30.8 Å². The largest absolute Gasteiger partial charge is 0.361 e. The zero-order valence-electron chi connectivity index (χ0n) is 14.8. The third-order valence-electron chi connectivity index (χ3n) is 4.70. The first-order chi connectivity index (χ1) is 11.2. The van der Waals surface area contributed by atoms with Crippen LogP contribution in [0, 0.1) is 36.5 Å². The third kappa shape index (κ3) is 3.40.